The zero-order chi connectivity index (χ0) is 41.1. The minimum atomic E-state index is -2.15. The number of ether oxygens (including phenoxy) is 9. The topological polar surface area (TPSA) is 92.3 Å². The smallest absolute Gasteiger partial charge is 0.220 e. The van der Waals surface area contributed by atoms with Crippen molar-refractivity contribution in [1.82, 2.24) is 0 Å². The Balaban J connectivity index is 1.04. The van der Waals surface area contributed by atoms with E-state index < -0.39 is 37.6 Å². The normalized spacial score (nSPS) is 36.2. The van der Waals surface area contributed by atoms with Crippen LogP contribution in [0.2, 0.25) is 18.1 Å². The molecule has 6 rings (SSSR count). The Bertz CT molecular complexity index is 1440. The van der Waals surface area contributed by atoms with Crippen molar-refractivity contribution in [3.05, 3.63) is 48.0 Å². The molecular formula is C46H76O10Si. The van der Waals surface area contributed by atoms with Gasteiger partial charge < -0.3 is 47.1 Å². The fourth-order valence-electron chi connectivity index (χ4n) is 9.11. The molecule has 5 heterocycles. The second-order valence-corrected chi connectivity index (χ2v) is 24.7. The molecule has 5 aliphatic heterocycles. The molecule has 10 atom stereocenters. The van der Waals surface area contributed by atoms with E-state index in [2.05, 4.69) is 77.2 Å². The highest BCUT2D eigenvalue weighted by Crippen LogP contribution is 2.48. The van der Waals surface area contributed by atoms with Gasteiger partial charge in [0.15, 0.2) is 25.7 Å². The number of fused-ring (bicyclic) bond motifs is 1. The van der Waals surface area contributed by atoms with Gasteiger partial charge in [-0.2, -0.15) is 0 Å². The molecule has 10 nitrogen and oxygen atoms in total. The minimum absolute atomic E-state index is 0.0229. The molecule has 0 unspecified atom stereocenters. The Kier molecular flexibility index (Phi) is 14.6. The van der Waals surface area contributed by atoms with Gasteiger partial charge in [0.05, 0.1) is 43.7 Å². The number of methoxy groups -OCH3 is 1. The minimum Gasteiger partial charge on any atom is -0.411 e. The summed E-state index contributed by atoms with van der Waals surface area (Å²) in [6.45, 7) is 23.0. The van der Waals surface area contributed by atoms with E-state index in [-0.39, 0.29) is 54.2 Å². The third kappa shape index (κ3) is 11.4. The van der Waals surface area contributed by atoms with E-state index in [1.165, 1.54) is 5.56 Å². The molecule has 5 aliphatic rings. The van der Waals surface area contributed by atoms with Crippen LogP contribution in [-0.2, 0) is 53.7 Å². The van der Waals surface area contributed by atoms with Gasteiger partial charge in [0, 0.05) is 38.9 Å². The second-order valence-electron chi connectivity index (χ2n) is 19.8. The Morgan fingerprint density at radius 2 is 1.53 bits per heavy atom. The summed E-state index contributed by atoms with van der Waals surface area (Å²) in [6.07, 6.45) is 14.3. The van der Waals surface area contributed by atoms with Gasteiger partial charge in [0.25, 0.3) is 0 Å². The van der Waals surface area contributed by atoms with Crippen LogP contribution < -0.4 is 0 Å². The first kappa shape index (κ1) is 45.3. The number of rotatable bonds is 16. The van der Waals surface area contributed by atoms with Crippen molar-refractivity contribution in [2.45, 2.75) is 217 Å². The average molecular weight is 817 g/mol. The van der Waals surface area contributed by atoms with Gasteiger partial charge in [-0.1, -0.05) is 70.2 Å². The second kappa shape index (κ2) is 18.4. The lowest BCUT2D eigenvalue weighted by molar-refractivity contribution is -0.341. The summed E-state index contributed by atoms with van der Waals surface area (Å²) in [5.41, 5.74) is 1.22. The van der Waals surface area contributed by atoms with Gasteiger partial charge in [-0.15, -0.1) is 0 Å². The lowest BCUT2D eigenvalue weighted by Gasteiger charge is -2.48. The highest BCUT2D eigenvalue weighted by molar-refractivity contribution is 6.74. The first-order valence-electron chi connectivity index (χ1n) is 22.1. The van der Waals surface area contributed by atoms with Crippen LogP contribution in [0, 0.1) is 5.92 Å². The molecule has 1 aromatic rings. The van der Waals surface area contributed by atoms with Gasteiger partial charge in [-0.25, -0.2) is 0 Å². The van der Waals surface area contributed by atoms with Crippen molar-refractivity contribution < 1.29 is 47.1 Å². The fraction of sp³-hybridized carbons (Fsp3) is 0.826. The molecule has 0 bridgehead atoms. The van der Waals surface area contributed by atoms with Crippen LogP contribution in [0.3, 0.4) is 0 Å². The quantitative estimate of drug-likeness (QED) is 0.0912. The van der Waals surface area contributed by atoms with E-state index in [0.717, 1.165) is 70.8 Å². The van der Waals surface area contributed by atoms with Gasteiger partial charge in [-0.05, 0) is 103 Å². The van der Waals surface area contributed by atoms with Crippen LogP contribution >= 0.6 is 0 Å². The van der Waals surface area contributed by atoms with E-state index in [0.29, 0.717) is 13.0 Å². The standard InChI is InChI=1S/C46H76O10Si/c1-33(20-17-24-36-26-19-28-45(51-36)27-18-25-35(50-45)23-15-16-29-48-31-34-21-13-12-14-22-34)39-40(55-44(7,8)54-39)37-30-38-41(56-43(5,6)52-38)46(47-9,53-37)32-49-57(10,11)42(2,3)4/h12-14,17,20-22,33,35-41H,15-16,18-19,23-32H2,1-11H3/b20-17+/t33-,35-,36-,37-,38-,39-,40+,41-,45+,46-/m1/s1. The Morgan fingerprint density at radius 3 is 2.23 bits per heavy atom. The third-order valence-electron chi connectivity index (χ3n) is 13.2. The summed E-state index contributed by atoms with van der Waals surface area (Å²) in [4.78, 5) is 0. The van der Waals surface area contributed by atoms with E-state index in [4.69, 9.17) is 47.1 Å². The monoisotopic (exact) mass is 817 g/mol. The Morgan fingerprint density at radius 1 is 0.842 bits per heavy atom. The molecule has 0 N–H and O–H groups in total. The van der Waals surface area contributed by atoms with Crippen molar-refractivity contribution >= 4 is 8.32 Å². The van der Waals surface area contributed by atoms with Crippen LogP contribution in [0.4, 0.5) is 0 Å². The van der Waals surface area contributed by atoms with Gasteiger partial charge in [0.1, 0.15) is 12.2 Å². The molecule has 1 spiro atoms. The third-order valence-corrected chi connectivity index (χ3v) is 17.7. The fourth-order valence-corrected chi connectivity index (χ4v) is 10.1. The van der Waals surface area contributed by atoms with E-state index in [1.54, 1.807) is 7.11 Å². The first-order valence-corrected chi connectivity index (χ1v) is 25.0. The number of hydrogen-bond acceptors (Lipinski definition) is 10. The van der Waals surface area contributed by atoms with Crippen LogP contribution in [0.1, 0.15) is 132 Å². The first-order chi connectivity index (χ1) is 26.8. The zero-order valence-corrected chi connectivity index (χ0v) is 38.1. The maximum absolute atomic E-state index is 7.03. The molecule has 324 valence electrons. The van der Waals surface area contributed by atoms with Gasteiger partial charge in [-0.3, -0.25) is 0 Å². The maximum Gasteiger partial charge on any atom is 0.220 e. The van der Waals surface area contributed by atoms with Crippen molar-refractivity contribution in [2.75, 3.05) is 20.3 Å². The van der Waals surface area contributed by atoms with Crippen LogP contribution in [0.25, 0.3) is 0 Å². The number of benzene rings is 1. The highest BCUT2D eigenvalue weighted by Gasteiger charge is 2.62. The highest BCUT2D eigenvalue weighted by atomic mass is 28.4. The number of unbranched alkanes of at least 4 members (excludes halogenated alkanes) is 1. The molecule has 11 heteroatoms. The SMILES string of the molecule is CO[C@]1(CO[Si](C)(C)C(C)(C)C)O[C@@H]([C@@H]2OC(C)(C)O[C@@H]2[C@H](C)/C=C/C[C@@H]2CCC[C@]3(CCC[C@@H](CCCCOCc4ccccc4)O3)O2)C[C@H]2OC(C)(C)O[C@H]21. The molecule has 5 saturated heterocycles. The summed E-state index contributed by atoms with van der Waals surface area (Å²) in [6, 6.07) is 10.4. The van der Waals surface area contributed by atoms with Crippen molar-refractivity contribution in [3.63, 3.8) is 0 Å². The lowest BCUT2D eigenvalue weighted by Crippen LogP contribution is -2.64. The van der Waals surface area contributed by atoms with Crippen LogP contribution in [0.5, 0.6) is 0 Å². The van der Waals surface area contributed by atoms with Crippen molar-refractivity contribution in [1.29, 1.82) is 0 Å². The van der Waals surface area contributed by atoms with Crippen LogP contribution in [0.15, 0.2) is 42.5 Å². The predicted octanol–water partition coefficient (Wildman–Crippen LogP) is 9.98. The number of hydrogen-bond donors (Lipinski definition) is 0. The summed E-state index contributed by atoms with van der Waals surface area (Å²) in [5.74, 6) is -3.12. The van der Waals surface area contributed by atoms with E-state index in [9.17, 15) is 0 Å². The van der Waals surface area contributed by atoms with Crippen molar-refractivity contribution in [2.24, 2.45) is 5.92 Å². The summed E-state index contributed by atoms with van der Waals surface area (Å²) in [7, 11) is -0.466. The predicted molar refractivity (Wildman–Crippen MR) is 223 cm³/mol. The molecule has 57 heavy (non-hydrogen) atoms. The van der Waals surface area contributed by atoms with Gasteiger partial charge >= 0.3 is 0 Å². The van der Waals surface area contributed by atoms with Crippen LogP contribution in [-0.4, -0.2) is 94.5 Å². The Hall–Kier alpha value is -1.22. The van der Waals surface area contributed by atoms with Crippen molar-refractivity contribution in [3.8, 4) is 0 Å². The summed E-state index contributed by atoms with van der Waals surface area (Å²) in [5, 5.41) is 0.0229. The zero-order valence-electron chi connectivity index (χ0n) is 37.1. The molecular weight excluding hydrogens is 741 g/mol. The molecule has 0 radical (unpaired) electrons. The summed E-state index contributed by atoms with van der Waals surface area (Å²) < 4.78 is 66.0. The molecule has 0 saturated carbocycles. The molecule has 0 aromatic heterocycles. The average Bonchev–Trinajstić information content (AvgIpc) is 3.66. The van der Waals surface area contributed by atoms with E-state index >= 15 is 0 Å². The summed E-state index contributed by atoms with van der Waals surface area (Å²) >= 11 is 0. The molecule has 0 aliphatic carbocycles. The molecule has 5 fully saturated rings. The largest absolute Gasteiger partial charge is 0.411 e. The van der Waals surface area contributed by atoms with E-state index in [1.807, 2.05) is 33.8 Å². The maximum atomic E-state index is 7.03. The van der Waals surface area contributed by atoms with Gasteiger partial charge in [0.2, 0.25) is 5.79 Å². The molecule has 0 amide bonds. The molecule has 1 aromatic carbocycles. The lowest BCUT2D eigenvalue weighted by atomic mass is 9.88. The Labute approximate surface area is 345 Å².